The van der Waals surface area contributed by atoms with E-state index in [1.165, 1.54) is 4.90 Å². The van der Waals surface area contributed by atoms with E-state index in [1.54, 1.807) is 13.2 Å². The Bertz CT molecular complexity index is 847. The predicted molar refractivity (Wildman–Crippen MR) is 94.4 cm³/mol. The predicted octanol–water partition coefficient (Wildman–Crippen LogP) is 1.15. The third-order valence-corrected chi connectivity index (χ3v) is 6.75. The fourth-order valence-corrected chi connectivity index (χ4v) is 5.39. The van der Waals surface area contributed by atoms with E-state index in [9.17, 15) is 13.5 Å². The first-order chi connectivity index (χ1) is 11.4. The number of hydrogen-bond acceptors (Lipinski definition) is 4. The van der Waals surface area contributed by atoms with Crippen molar-refractivity contribution >= 4 is 20.6 Å². The monoisotopic (exact) mass is 350 g/mol. The van der Waals surface area contributed by atoms with E-state index in [0.717, 1.165) is 28.6 Å². The zero-order chi connectivity index (χ0) is 17.3. The molecule has 24 heavy (non-hydrogen) atoms. The van der Waals surface area contributed by atoms with Gasteiger partial charge in [0, 0.05) is 6.42 Å². The standard InChI is InChI=1S/C18H23NO4S/c1-3-19(14-8-9-24(21,22)12-14)11-17-16-10-15(23-2)6-4-13(16)5-7-18(17)20/h4-7,10,14,20H,3,8-9,11-12H2,1-2H3/p+1/t14-/m1/s1. The van der Waals surface area contributed by atoms with Crippen LogP contribution in [-0.2, 0) is 16.4 Å². The zero-order valence-corrected chi connectivity index (χ0v) is 14.9. The second-order valence-corrected chi connectivity index (χ2v) is 8.67. The summed E-state index contributed by atoms with van der Waals surface area (Å²) in [6.45, 7) is 3.48. The molecule has 3 rings (SSSR count). The maximum Gasteiger partial charge on any atom is 0.156 e. The molecule has 1 saturated heterocycles. The van der Waals surface area contributed by atoms with Crippen molar-refractivity contribution in [3.8, 4) is 11.5 Å². The van der Waals surface area contributed by atoms with Crippen LogP contribution in [0.4, 0.5) is 0 Å². The maximum absolute atomic E-state index is 11.8. The summed E-state index contributed by atoms with van der Waals surface area (Å²) < 4.78 is 28.9. The number of phenolic OH excluding ortho intramolecular Hbond substituents is 1. The van der Waals surface area contributed by atoms with E-state index in [4.69, 9.17) is 4.74 Å². The smallest absolute Gasteiger partial charge is 0.156 e. The molecule has 1 unspecified atom stereocenters. The van der Waals surface area contributed by atoms with Crippen LogP contribution in [0.15, 0.2) is 30.3 Å². The second kappa shape index (κ2) is 6.61. The number of methoxy groups -OCH3 is 1. The Morgan fingerprint density at radius 2 is 2.04 bits per heavy atom. The summed E-state index contributed by atoms with van der Waals surface area (Å²) in [4.78, 5) is 1.20. The molecule has 130 valence electrons. The number of sulfone groups is 1. The van der Waals surface area contributed by atoms with Crippen molar-refractivity contribution in [1.29, 1.82) is 0 Å². The number of hydrogen-bond donors (Lipinski definition) is 2. The average Bonchev–Trinajstić information content (AvgIpc) is 2.93. The number of fused-ring (bicyclic) bond motifs is 1. The van der Waals surface area contributed by atoms with E-state index >= 15 is 0 Å². The van der Waals surface area contributed by atoms with Gasteiger partial charge in [-0.1, -0.05) is 12.1 Å². The summed E-state index contributed by atoms with van der Waals surface area (Å²) in [6, 6.07) is 9.51. The summed E-state index contributed by atoms with van der Waals surface area (Å²) in [5.74, 6) is 1.51. The van der Waals surface area contributed by atoms with E-state index < -0.39 is 9.84 Å². The topological polar surface area (TPSA) is 68.0 Å². The number of nitrogens with one attached hydrogen (secondary N) is 1. The number of ether oxygens (including phenoxy) is 1. The largest absolute Gasteiger partial charge is 0.507 e. The van der Waals surface area contributed by atoms with E-state index in [-0.39, 0.29) is 23.3 Å². The molecule has 0 amide bonds. The number of quaternary nitrogens is 1. The number of rotatable bonds is 5. The van der Waals surface area contributed by atoms with Gasteiger partial charge in [0.05, 0.1) is 25.0 Å². The van der Waals surface area contributed by atoms with Gasteiger partial charge in [-0.15, -0.1) is 0 Å². The minimum Gasteiger partial charge on any atom is -0.507 e. The zero-order valence-electron chi connectivity index (χ0n) is 14.1. The summed E-state index contributed by atoms with van der Waals surface area (Å²) in [5.41, 5.74) is 0.854. The van der Waals surface area contributed by atoms with Crippen LogP contribution >= 0.6 is 0 Å². The van der Waals surface area contributed by atoms with Crippen LogP contribution in [0.5, 0.6) is 11.5 Å². The Morgan fingerprint density at radius 1 is 1.29 bits per heavy atom. The Balaban J connectivity index is 1.97. The van der Waals surface area contributed by atoms with Crippen LogP contribution in [0.25, 0.3) is 10.8 Å². The van der Waals surface area contributed by atoms with Crippen molar-refractivity contribution in [2.75, 3.05) is 25.2 Å². The van der Waals surface area contributed by atoms with Crippen molar-refractivity contribution in [3.05, 3.63) is 35.9 Å². The molecule has 6 heteroatoms. The van der Waals surface area contributed by atoms with Gasteiger partial charge in [0.1, 0.15) is 29.8 Å². The first-order valence-corrected chi connectivity index (χ1v) is 10.1. The minimum atomic E-state index is -2.91. The van der Waals surface area contributed by atoms with Gasteiger partial charge >= 0.3 is 0 Å². The van der Waals surface area contributed by atoms with Crippen LogP contribution in [-0.4, -0.2) is 44.7 Å². The van der Waals surface area contributed by atoms with Crippen LogP contribution < -0.4 is 9.64 Å². The molecule has 0 spiro atoms. The lowest BCUT2D eigenvalue weighted by molar-refractivity contribution is -0.934. The van der Waals surface area contributed by atoms with Crippen molar-refractivity contribution in [1.82, 2.24) is 0 Å². The maximum atomic E-state index is 11.8. The van der Waals surface area contributed by atoms with Gasteiger partial charge in [-0.2, -0.15) is 0 Å². The molecule has 0 aliphatic carbocycles. The first kappa shape index (κ1) is 17.0. The fraction of sp³-hybridized carbons (Fsp3) is 0.444. The number of benzene rings is 2. The van der Waals surface area contributed by atoms with Gasteiger partial charge in [0.2, 0.25) is 0 Å². The highest BCUT2D eigenvalue weighted by Crippen LogP contribution is 2.29. The first-order valence-electron chi connectivity index (χ1n) is 8.27. The van der Waals surface area contributed by atoms with Crippen LogP contribution in [0.1, 0.15) is 18.9 Å². The number of phenols is 1. The van der Waals surface area contributed by atoms with Crippen molar-refractivity contribution in [2.24, 2.45) is 0 Å². The summed E-state index contributed by atoms with van der Waals surface area (Å²) >= 11 is 0. The van der Waals surface area contributed by atoms with Crippen molar-refractivity contribution < 1.29 is 23.2 Å². The molecule has 0 aromatic heterocycles. The summed E-state index contributed by atoms with van der Waals surface area (Å²) in [6.07, 6.45) is 0.695. The average molecular weight is 350 g/mol. The van der Waals surface area contributed by atoms with Gasteiger partial charge in [0.15, 0.2) is 9.84 Å². The van der Waals surface area contributed by atoms with E-state index in [1.807, 2.05) is 24.3 Å². The molecule has 0 radical (unpaired) electrons. The van der Waals surface area contributed by atoms with Gasteiger partial charge in [0.25, 0.3) is 0 Å². The molecule has 0 bridgehead atoms. The molecule has 1 aliphatic heterocycles. The minimum absolute atomic E-state index is 0.0975. The van der Waals surface area contributed by atoms with E-state index in [0.29, 0.717) is 13.0 Å². The van der Waals surface area contributed by atoms with Crippen molar-refractivity contribution in [3.63, 3.8) is 0 Å². The highest BCUT2D eigenvalue weighted by molar-refractivity contribution is 7.91. The molecule has 2 atom stereocenters. The molecule has 2 aromatic carbocycles. The van der Waals surface area contributed by atoms with Gasteiger partial charge in [-0.05, 0) is 35.9 Å². The molecule has 1 heterocycles. The van der Waals surface area contributed by atoms with Gasteiger partial charge in [-0.25, -0.2) is 8.42 Å². The summed E-state index contributed by atoms with van der Waals surface area (Å²) in [5, 5.41) is 12.4. The third kappa shape index (κ3) is 3.35. The SMILES string of the molecule is CC[NH+](Cc1c(O)ccc2ccc(OC)cc12)[C@@H]1CCS(=O)(=O)C1. The molecule has 5 nitrogen and oxygen atoms in total. The summed E-state index contributed by atoms with van der Waals surface area (Å²) in [7, 11) is -1.29. The molecule has 2 aromatic rings. The Hall–Kier alpha value is -1.79. The lowest BCUT2D eigenvalue weighted by atomic mass is 10.0. The number of aromatic hydroxyl groups is 1. The molecule has 1 fully saturated rings. The molecular formula is C18H24NO4S+. The normalized spacial score (nSPS) is 21.0. The molecule has 0 saturated carbocycles. The second-order valence-electron chi connectivity index (χ2n) is 6.44. The lowest BCUT2D eigenvalue weighted by Crippen LogP contribution is -3.14. The van der Waals surface area contributed by atoms with Crippen LogP contribution in [0, 0.1) is 0 Å². The Labute approximate surface area is 142 Å². The van der Waals surface area contributed by atoms with Gasteiger partial charge in [-0.3, -0.25) is 0 Å². The molecule has 1 aliphatic rings. The molecule has 2 N–H and O–H groups in total. The highest BCUT2D eigenvalue weighted by Gasteiger charge is 2.35. The van der Waals surface area contributed by atoms with Crippen molar-refractivity contribution in [2.45, 2.75) is 25.9 Å². The molecular weight excluding hydrogens is 326 g/mol. The van der Waals surface area contributed by atoms with Crippen LogP contribution in [0.3, 0.4) is 0 Å². The fourth-order valence-electron chi connectivity index (χ4n) is 3.56. The third-order valence-electron chi connectivity index (χ3n) is 4.98. The lowest BCUT2D eigenvalue weighted by Gasteiger charge is -2.24. The Morgan fingerprint density at radius 3 is 2.67 bits per heavy atom. The van der Waals surface area contributed by atoms with E-state index in [2.05, 4.69) is 6.92 Å². The Kier molecular flexibility index (Phi) is 4.69. The highest BCUT2D eigenvalue weighted by atomic mass is 32.2. The quantitative estimate of drug-likeness (QED) is 0.849. The van der Waals surface area contributed by atoms with Crippen LogP contribution in [0.2, 0.25) is 0 Å². The van der Waals surface area contributed by atoms with Gasteiger partial charge < -0.3 is 14.7 Å².